The zero-order valence-corrected chi connectivity index (χ0v) is 12.9. The Hall–Kier alpha value is -1.10. The third-order valence-corrected chi connectivity index (χ3v) is 3.68. The SMILES string of the molecule is CCOC(C)CN1C(=O)C(C)NC1c1cccc(Cl)c1. The first-order valence-corrected chi connectivity index (χ1v) is 7.34. The smallest absolute Gasteiger partial charge is 0.241 e. The Morgan fingerprint density at radius 3 is 2.90 bits per heavy atom. The molecule has 1 aliphatic rings. The average molecular weight is 297 g/mol. The van der Waals surface area contributed by atoms with Gasteiger partial charge in [0.2, 0.25) is 5.91 Å². The molecule has 1 N–H and O–H groups in total. The van der Waals surface area contributed by atoms with Crippen LogP contribution in [0.3, 0.4) is 0 Å². The lowest BCUT2D eigenvalue weighted by molar-refractivity contribution is -0.131. The third kappa shape index (κ3) is 3.32. The van der Waals surface area contributed by atoms with Crippen LogP contribution in [0.1, 0.15) is 32.5 Å². The van der Waals surface area contributed by atoms with Gasteiger partial charge < -0.3 is 9.64 Å². The van der Waals surface area contributed by atoms with Crippen molar-refractivity contribution in [2.24, 2.45) is 0 Å². The summed E-state index contributed by atoms with van der Waals surface area (Å²) in [4.78, 5) is 14.1. The highest BCUT2D eigenvalue weighted by atomic mass is 35.5. The quantitative estimate of drug-likeness (QED) is 0.908. The van der Waals surface area contributed by atoms with Gasteiger partial charge >= 0.3 is 0 Å². The van der Waals surface area contributed by atoms with Gasteiger partial charge in [0.25, 0.3) is 0 Å². The van der Waals surface area contributed by atoms with Crippen LogP contribution in [0.2, 0.25) is 5.02 Å². The Morgan fingerprint density at radius 2 is 2.25 bits per heavy atom. The Balaban J connectivity index is 2.19. The van der Waals surface area contributed by atoms with E-state index in [-0.39, 0.29) is 24.2 Å². The number of halogens is 1. The average Bonchev–Trinajstić information content (AvgIpc) is 2.67. The van der Waals surface area contributed by atoms with E-state index in [4.69, 9.17) is 16.3 Å². The number of ether oxygens (including phenoxy) is 1. The van der Waals surface area contributed by atoms with Crippen LogP contribution in [-0.4, -0.2) is 36.1 Å². The minimum atomic E-state index is -0.187. The number of rotatable bonds is 5. The van der Waals surface area contributed by atoms with Crippen molar-refractivity contribution in [3.05, 3.63) is 34.9 Å². The molecular weight excluding hydrogens is 276 g/mol. The molecule has 20 heavy (non-hydrogen) atoms. The third-order valence-electron chi connectivity index (χ3n) is 3.44. The van der Waals surface area contributed by atoms with Gasteiger partial charge in [0.15, 0.2) is 0 Å². The van der Waals surface area contributed by atoms with E-state index >= 15 is 0 Å². The Morgan fingerprint density at radius 1 is 1.50 bits per heavy atom. The van der Waals surface area contributed by atoms with Gasteiger partial charge in [-0.2, -0.15) is 0 Å². The van der Waals surface area contributed by atoms with Crippen molar-refractivity contribution in [3.8, 4) is 0 Å². The largest absolute Gasteiger partial charge is 0.377 e. The number of nitrogens with zero attached hydrogens (tertiary/aromatic N) is 1. The topological polar surface area (TPSA) is 41.6 Å². The predicted molar refractivity (Wildman–Crippen MR) is 79.6 cm³/mol. The van der Waals surface area contributed by atoms with Gasteiger partial charge in [-0.05, 0) is 38.5 Å². The zero-order chi connectivity index (χ0) is 14.7. The summed E-state index contributed by atoms with van der Waals surface area (Å²) in [6.07, 6.45) is -0.128. The predicted octanol–water partition coefficient (Wildman–Crippen LogP) is 2.58. The zero-order valence-electron chi connectivity index (χ0n) is 12.1. The summed E-state index contributed by atoms with van der Waals surface area (Å²) in [5.74, 6) is 0.0986. The second-order valence-electron chi connectivity index (χ2n) is 5.10. The maximum atomic E-state index is 12.3. The number of carbonyl (C=O) groups excluding carboxylic acids is 1. The molecule has 0 saturated carbocycles. The highest BCUT2D eigenvalue weighted by Gasteiger charge is 2.37. The molecule has 0 aromatic heterocycles. The molecule has 1 fully saturated rings. The van der Waals surface area contributed by atoms with Crippen molar-refractivity contribution < 1.29 is 9.53 Å². The summed E-state index contributed by atoms with van der Waals surface area (Å²) in [6, 6.07) is 7.42. The van der Waals surface area contributed by atoms with Gasteiger partial charge in [0, 0.05) is 18.2 Å². The first kappa shape index (κ1) is 15.3. The molecule has 0 aliphatic carbocycles. The molecule has 0 bridgehead atoms. The van der Waals surface area contributed by atoms with Crippen LogP contribution in [0.15, 0.2) is 24.3 Å². The summed E-state index contributed by atoms with van der Waals surface area (Å²) in [5, 5.41) is 3.98. The summed E-state index contributed by atoms with van der Waals surface area (Å²) in [6.45, 7) is 7.03. The van der Waals surface area contributed by atoms with E-state index in [0.717, 1.165) is 5.56 Å². The fourth-order valence-electron chi connectivity index (χ4n) is 2.54. The maximum Gasteiger partial charge on any atom is 0.241 e. The molecule has 1 aliphatic heterocycles. The van der Waals surface area contributed by atoms with Gasteiger partial charge in [-0.15, -0.1) is 0 Å². The van der Waals surface area contributed by atoms with E-state index in [1.54, 1.807) is 0 Å². The first-order chi connectivity index (χ1) is 9.52. The molecule has 1 amide bonds. The number of amides is 1. The molecule has 1 heterocycles. The van der Waals surface area contributed by atoms with Crippen molar-refractivity contribution in [1.82, 2.24) is 10.2 Å². The Bertz CT molecular complexity index is 481. The van der Waals surface area contributed by atoms with Crippen LogP contribution in [0.4, 0.5) is 0 Å². The Labute approximate surface area is 125 Å². The number of hydrogen-bond donors (Lipinski definition) is 1. The lowest BCUT2D eigenvalue weighted by atomic mass is 10.1. The van der Waals surface area contributed by atoms with Crippen LogP contribution >= 0.6 is 11.6 Å². The minimum absolute atomic E-state index is 0.0118. The van der Waals surface area contributed by atoms with Crippen LogP contribution < -0.4 is 5.32 Å². The first-order valence-electron chi connectivity index (χ1n) is 6.96. The summed E-state index contributed by atoms with van der Waals surface area (Å²) >= 11 is 6.04. The van der Waals surface area contributed by atoms with E-state index < -0.39 is 0 Å². The number of benzene rings is 1. The number of hydrogen-bond acceptors (Lipinski definition) is 3. The highest BCUT2D eigenvalue weighted by molar-refractivity contribution is 6.30. The standard InChI is InChI=1S/C15H21ClN2O2/c1-4-20-10(2)9-18-14(17-11(3)15(18)19)12-6-5-7-13(16)8-12/h5-8,10-11,14,17H,4,9H2,1-3H3. The molecule has 110 valence electrons. The van der Waals surface area contributed by atoms with Crippen molar-refractivity contribution in [2.45, 2.75) is 39.1 Å². The Kier molecular flexibility index (Phi) is 5.02. The maximum absolute atomic E-state index is 12.3. The minimum Gasteiger partial charge on any atom is -0.377 e. The van der Waals surface area contributed by atoms with Gasteiger partial charge in [0.05, 0.1) is 12.1 Å². The molecule has 5 heteroatoms. The van der Waals surface area contributed by atoms with Gasteiger partial charge in [-0.25, -0.2) is 0 Å². The van der Waals surface area contributed by atoms with E-state index in [1.165, 1.54) is 0 Å². The summed E-state index contributed by atoms with van der Waals surface area (Å²) in [5.41, 5.74) is 0.999. The molecule has 1 aromatic carbocycles. The van der Waals surface area contributed by atoms with Crippen molar-refractivity contribution >= 4 is 17.5 Å². The summed E-state index contributed by atoms with van der Waals surface area (Å²) in [7, 11) is 0. The molecule has 3 unspecified atom stereocenters. The van der Waals surface area contributed by atoms with Crippen LogP contribution in [0.5, 0.6) is 0 Å². The fraction of sp³-hybridized carbons (Fsp3) is 0.533. The fourth-order valence-corrected chi connectivity index (χ4v) is 2.74. The molecule has 1 aromatic rings. The lowest BCUT2D eigenvalue weighted by Crippen LogP contribution is -2.37. The van der Waals surface area contributed by atoms with E-state index in [2.05, 4.69) is 5.32 Å². The van der Waals surface area contributed by atoms with Crippen LogP contribution in [0.25, 0.3) is 0 Å². The molecule has 3 atom stereocenters. The molecule has 0 spiro atoms. The normalized spacial score (nSPS) is 24.2. The van der Waals surface area contributed by atoms with Crippen molar-refractivity contribution in [2.75, 3.05) is 13.2 Å². The molecule has 2 rings (SSSR count). The van der Waals surface area contributed by atoms with E-state index in [0.29, 0.717) is 18.2 Å². The molecule has 0 radical (unpaired) electrons. The van der Waals surface area contributed by atoms with Crippen molar-refractivity contribution in [1.29, 1.82) is 0 Å². The summed E-state index contributed by atoms with van der Waals surface area (Å²) < 4.78 is 5.55. The highest BCUT2D eigenvalue weighted by Crippen LogP contribution is 2.27. The lowest BCUT2D eigenvalue weighted by Gasteiger charge is -2.27. The second-order valence-corrected chi connectivity index (χ2v) is 5.54. The van der Waals surface area contributed by atoms with Gasteiger partial charge in [-0.3, -0.25) is 10.1 Å². The van der Waals surface area contributed by atoms with Gasteiger partial charge in [0.1, 0.15) is 6.17 Å². The van der Waals surface area contributed by atoms with Crippen LogP contribution in [0, 0.1) is 0 Å². The molecule has 1 saturated heterocycles. The number of carbonyl (C=O) groups is 1. The number of nitrogens with one attached hydrogen (secondary N) is 1. The monoisotopic (exact) mass is 296 g/mol. The van der Waals surface area contributed by atoms with E-state index in [1.807, 2.05) is 49.9 Å². The molecular formula is C15H21ClN2O2. The molecule has 4 nitrogen and oxygen atoms in total. The van der Waals surface area contributed by atoms with E-state index in [9.17, 15) is 4.79 Å². The van der Waals surface area contributed by atoms with Crippen LogP contribution in [-0.2, 0) is 9.53 Å². The van der Waals surface area contributed by atoms with Crippen molar-refractivity contribution in [3.63, 3.8) is 0 Å². The van der Waals surface area contributed by atoms with Gasteiger partial charge in [-0.1, -0.05) is 23.7 Å². The second kappa shape index (κ2) is 6.57.